The molecule has 3 rings (SSSR count). The Balaban J connectivity index is 1.83. The number of nitrogens with zero attached hydrogens (tertiary/aromatic N) is 2. The predicted octanol–water partition coefficient (Wildman–Crippen LogP) is 4.07. The van der Waals surface area contributed by atoms with E-state index in [9.17, 15) is 5.11 Å². The monoisotopic (exact) mass is 326 g/mol. The second kappa shape index (κ2) is 7.68. The summed E-state index contributed by atoms with van der Waals surface area (Å²) >= 11 is 1.76. The molecule has 0 spiro atoms. The van der Waals surface area contributed by atoms with E-state index in [2.05, 4.69) is 46.5 Å². The molecule has 0 bridgehead atoms. The van der Waals surface area contributed by atoms with Crippen LogP contribution in [-0.4, -0.2) is 27.6 Å². The normalized spacial score (nSPS) is 12.8. The second-order valence-electron chi connectivity index (χ2n) is 5.77. The molecule has 4 heteroatoms. The topological polar surface area (TPSA) is 36.4 Å². The lowest BCUT2D eigenvalue weighted by atomic mass is 10.1. The maximum atomic E-state index is 9.72. The Bertz CT molecular complexity index is 738. The van der Waals surface area contributed by atoms with Crippen LogP contribution in [0.15, 0.2) is 54.0 Å². The molecule has 3 aromatic rings. The molecular weight excluding hydrogens is 304 g/mol. The van der Waals surface area contributed by atoms with Gasteiger partial charge in [-0.25, -0.2) is 0 Å². The summed E-state index contributed by atoms with van der Waals surface area (Å²) in [5, 5.41) is 13.0. The summed E-state index contributed by atoms with van der Waals surface area (Å²) in [6.07, 6.45) is 2.89. The average molecular weight is 326 g/mol. The number of pyridine rings is 1. The lowest BCUT2D eigenvalue weighted by molar-refractivity contribution is 0.107. The number of para-hydroxylation sites is 1. The van der Waals surface area contributed by atoms with Crippen molar-refractivity contribution in [1.82, 2.24) is 9.88 Å². The van der Waals surface area contributed by atoms with Crippen LogP contribution < -0.4 is 0 Å². The molecule has 0 saturated carbocycles. The van der Waals surface area contributed by atoms with Crippen LogP contribution in [0.3, 0.4) is 0 Å². The second-order valence-corrected chi connectivity index (χ2v) is 6.80. The van der Waals surface area contributed by atoms with Crippen molar-refractivity contribution in [3.05, 3.63) is 64.5 Å². The fourth-order valence-electron chi connectivity index (χ4n) is 2.86. The number of hydrogen-bond acceptors (Lipinski definition) is 4. The van der Waals surface area contributed by atoms with E-state index in [1.165, 1.54) is 10.4 Å². The number of rotatable bonds is 7. The molecule has 0 unspecified atom stereocenters. The Hall–Kier alpha value is -1.75. The molecular formula is C19H22N2OS. The molecule has 2 aromatic heterocycles. The maximum absolute atomic E-state index is 9.72. The van der Waals surface area contributed by atoms with Crippen molar-refractivity contribution < 1.29 is 5.11 Å². The molecule has 2 heterocycles. The van der Waals surface area contributed by atoms with Gasteiger partial charge in [-0.3, -0.25) is 9.88 Å². The number of hydrogen-bond donors (Lipinski definition) is 1. The number of fused-ring (bicyclic) bond motifs is 1. The van der Waals surface area contributed by atoms with Crippen molar-refractivity contribution in [2.75, 3.05) is 6.61 Å². The number of aliphatic hydroxyl groups is 1. The average Bonchev–Trinajstić information content (AvgIpc) is 3.09. The van der Waals surface area contributed by atoms with Gasteiger partial charge in [0.2, 0.25) is 0 Å². The molecule has 1 atom stereocenters. The van der Waals surface area contributed by atoms with Crippen molar-refractivity contribution in [3.8, 4) is 0 Å². The molecule has 0 aliphatic heterocycles. The molecule has 3 nitrogen and oxygen atoms in total. The SMILES string of the molecule is CC[C@@H](CO)N(Cc1cnc2ccccc2c1)Cc1cccs1. The van der Waals surface area contributed by atoms with Crippen LogP contribution in [0.25, 0.3) is 10.9 Å². The number of aromatic nitrogens is 1. The molecule has 1 N–H and O–H groups in total. The van der Waals surface area contributed by atoms with Crippen LogP contribution in [-0.2, 0) is 13.1 Å². The Labute approximate surface area is 141 Å². The van der Waals surface area contributed by atoms with E-state index < -0.39 is 0 Å². The standard InChI is InChI=1S/C19H22N2OS/c1-2-17(14-22)21(13-18-7-5-9-23-18)12-15-10-16-6-3-4-8-19(16)20-11-15/h3-11,17,22H,2,12-14H2,1H3/t17-/m0/s1. The summed E-state index contributed by atoms with van der Waals surface area (Å²) in [6.45, 7) is 3.97. The largest absolute Gasteiger partial charge is 0.395 e. The van der Waals surface area contributed by atoms with Crippen LogP contribution in [0.1, 0.15) is 23.8 Å². The van der Waals surface area contributed by atoms with Gasteiger partial charge in [-0.05, 0) is 35.6 Å². The van der Waals surface area contributed by atoms with Gasteiger partial charge in [0.25, 0.3) is 0 Å². The summed E-state index contributed by atoms with van der Waals surface area (Å²) in [4.78, 5) is 8.23. The Morgan fingerprint density at radius 2 is 2.04 bits per heavy atom. The summed E-state index contributed by atoms with van der Waals surface area (Å²) in [5.41, 5.74) is 2.21. The Morgan fingerprint density at radius 1 is 1.17 bits per heavy atom. The van der Waals surface area contributed by atoms with Crippen molar-refractivity contribution in [1.29, 1.82) is 0 Å². The first-order valence-corrected chi connectivity index (χ1v) is 8.89. The van der Waals surface area contributed by atoms with Crippen molar-refractivity contribution in [2.24, 2.45) is 0 Å². The van der Waals surface area contributed by atoms with Gasteiger partial charge < -0.3 is 5.11 Å². The maximum Gasteiger partial charge on any atom is 0.0702 e. The van der Waals surface area contributed by atoms with Gasteiger partial charge in [0.1, 0.15) is 0 Å². The molecule has 23 heavy (non-hydrogen) atoms. The summed E-state index contributed by atoms with van der Waals surface area (Å²) in [5.74, 6) is 0. The first-order valence-electron chi connectivity index (χ1n) is 8.01. The Kier molecular flexibility index (Phi) is 5.39. The van der Waals surface area contributed by atoms with Gasteiger partial charge in [0.05, 0.1) is 12.1 Å². The number of aliphatic hydroxyl groups excluding tert-OH is 1. The zero-order valence-corrected chi connectivity index (χ0v) is 14.2. The highest BCUT2D eigenvalue weighted by Gasteiger charge is 2.17. The van der Waals surface area contributed by atoms with Crippen LogP contribution in [0.4, 0.5) is 0 Å². The first kappa shape index (κ1) is 16.1. The lowest BCUT2D eigenvalue weighted by Gasteiger charge is -2.29. The van der Waals surface area contributed by atoms with Gasteiger partial charge in [0, 0.05) is 35.6 Å². The number of thiophene rings is 1. The minimum absolute atomic E-state index is 0.170. The van der Waals surface area contributed by atoms with Gasteiger partial charge in [-0.2, -0.15) is 0 Å². The van der Waals surface area contributed by atoms with Crippen LogP contribution in [0.5, 0.6) is 0 Å². The van der Waals surface area contributed by atoms with Crippen molar-refractivity contribution in [2.45, 2.75) is 32.5 Å². The fourth-order valence-corrected chi connectivity index (χ4v) is 3.59. The van der Waals surface area contributed by atoms with Crippen LogP contribution in [0.2, 0.25) is 0 Å². The fraction of sp³-hybridized carbons (Fsp3) is 0.316. The molecule has 0 radical (unpaired) electrons. The van der Waals surface area contributed by atoms with Crippen molar-refractivity contribution >= 4 is 22.2 Å². The third-order valence-electron chi connectivity index (χ3n) is 4.17. The summed E-state index contributed by atoms with van der Waals surface area (Å²) in [7, 11) is 0. The van der Waals surface area contributed by atoms with Gasteiger partial charge >= 0.3 is 0 Å². The Morgan fingerprint density at radius 3 is 2.78 bits per heavy atom. The smallest absolute Gasteiger partial charge is 0.0702 e. The van der Waals surface area contributed by atoms with Gasteiger partial charge in [-0.1, -0.05) is 31.2 Å². The lowest BCUT2D eigenvalue weighted by Crippen LogP contribution is -2.36. The van der Waals surface area contributed by atoms with E-state index in [0.29, 0.717) is 0 Å². The zero-order valence-electron chi connectivity index (χ0n) is 13.4. The molecule has 0 amide bonds. The van der Waals surface area contributed by atoms with E-state index >= 15 is 0 Å². The summed E-state index contributed by atoms with van der Waals surface area (Å²) < 4.78 is 0. The van der Waals surface area contributed by atoms with Crippen LogP contribution >= 0.6 is 11.3 Å². The number of benzene rings is 1. The quantitative estimate of drug-likeness (QED) is 0.711. The van der Waals surface area contributed by atoms with E-state index in [0.717, 1.165) is 30.4 Å². The van der Waals surface area contributed by atoms with E-state index in [1.54, 1.807) is 11.3 Å². The summed E-state index contributed by atoms with van der Waals surface area (Å²) in [6, 6.07) is 14.8. The van der Waals surface area contributed by atoms with Gasteiger partial charge in [-0.15, -0.1) is 11.3 Å². The molecule has 0 saturated heterocycles. The molecule has 0 aliphatic carbocycles. The highest BCUT2D eigenvalue weighted by molar-refractivity contribution is 7.09. The third-order valence-corrected chi connectivity index (χ3v) is 5.03. The van der Waals surface area contributed by atoms with E-state index in [-0.39, 0.29) is 12.6 Å². The molecule has 120 valence electrons. The van der Waals surface area contributed by atoms with E-state index in [1.807, 2.05) is 24.4 Å². The van der Waals surface area contributed by atoms with E-state index in [4.69, 9.17) is 0 Å². The molecule has 1 aromatic carbocycles. The van der Waals surface area contributed by atoms with Crippen LogP contribution in [0, 0.1) is 0 Å². The van der Waals surface area contributed by atoms with Crippen molar-refractivity contribution in [3.63, 3.8) is 0 Å². The minimum atomic E-state index is 0.170. The molecule has 0 fully saturated rings. The zero-order chi connectivity index (χ0) is 16.1. The molecule has 0 aliphatic rings. The third kappa shape index (κ3) is 3.96. The predicted molar refractivity (Wildman–Crippen MR) is 96.5 cm³/mol. The highest BCUT2D eigenvalue weighted by Crippen LogP contribution is 2.20. The minimum Gasteiger partial charge on any atom is -0.395 e. The first-order chi connectivity index (χ1) is 11.3. The highest BCUT2D eigenvalue weighted by atomic mass is 32.1. The van der Waals surface area contributed by atoms with Gasteiger partial charge in [0.15, 0.2) is 0 Å².